The quantitative estimate of drug-likeness (QED) is 0.824. The predicted molar refractivity (Wildman–Crippen MR) is 66.1 cm³/mol. The molecule has 0 unspecified atom stereocenters. The molecule has 0 aromatic heterocycles. The van der Waals surface area contributed by atoms with E-state index in [-0.39, 0.29) is 6.54 Å². The van der Waals surface area contributed by atoms with Crippen LogP contribution in [0.25, 0.3) is 0 Å². The third-order valence-corrected chi connectivity index (χ3v) is 3.04. The Morgan fingerprint density at radius 3 is 2.33 bits per heavy atom. The maximum Gasteiger partial charge on any atom is 0.401 e. The molecule has 0 saturated heterocycles. The molecule has 6 heteroatoms. The fourth-order valence-electron chi connectivity index (χ4n) is 1.63. The van der Waals surface area contributed by atoms with Crippen LogP contribution in [0, 0.1) is 5.82 Å². The van der Waals surface area contributed by atoms with E-state index in [1.165, 1.54) is 6.07 Å². The molecule has 0 heterocycles. The summed E-state index contributed by atoms with van der Waals surface area (Å²) < 4.78 is 50.5. The average Bonchev–Trinajstić information content (AvgIpc) is 2.19. The van der Waals surface area contributed by atoms with Crippen LogP contribution >= 0.6 is 15.9 Å². The van der Waals surface area contributed by atoms with E-state index in [2.05, 4.69) is 21.2 Å². The van der Waals surface area contributed by atoms with Crippen molar-refractivity contribution in [3.63, 3.8) is 0 Å². The van der Waals surface area contributed by atoms with Crippen LogP contribution in [0.3, 0.4) is 0 Å². The molecular weight excluding hydrogens is 314 g/mol. The fraction of sp³-hybridized carbons (Fsp3) is 0.500. The SMILES string of the molecule is CC(C)(CNCC(F)(F)F)c1cc(Br)ccc1F. The molecule has 0 amide bonds. The summed E-state index contributed by atoms with van der Waals surface area (Å²) in [6, 6.07) is 4.44. The Labute approximate surface area is 112 Å². The van der Waals surface area contributed by atoms with E-state index >= 15 is 0 Å². The molecule has 18 heavy (non-hydrogen) atoms. The molecule has 0 bridgehead atoms. The third kappa shape index (κ3) is 4.57. The molecular formula is C12H14BrF4N. The first kappa shape index (κ1) is 15.4. The molecule has 1 aromatic carbocycles. The smallest absolute Gasteiger partial charge is 0.308 e. The Hall–Kier alpha value is -0.620. The highest BCUT2D eigenvalue weighted by Gasteiger charge is 2.29. The van der Waals surface area contributed by atoms with Gasteiger partial charge in [-0.25, -0.2) is 4.39 Å². The average molecular weight is 328 g/mol. The van der Waals surface area contributed by atoms with E-state index in [9.17, 15) is 17.6 Å². The molecule has 0 saturated carbocycles. The Morgan fingerprint density at radius 1 is 1.17 bits per heavy atom. The van der Waals surface area contributed by atoms with Crippen LogP contribution in [0.4, 0.5) is 17.6 Å². The summed E-state index contributed by atoms with van der Waals surface area (Å²) in [5.74, 6) is -0.419. The van der Waals surface area contributed by atoms with Crippen molar-refractivity contribution >= 4 is 15.9 Å². The summed E-state index contributed by atoms with van der Waals surface area (Å²) in [4.78, 5) is 0. The minimum Gasteiger partial charge on any atom is -0.308 e. The molecule has 0 radical (unpaired) electrons. The topological polar surface area (TPSA) is 12.0 Å². The highest BCUT2D eigenvalue weighted by Crippen LogP contribution is 2.28. The monoisotopic (exact) mass is 327 g/mol. The van der Waals surface area contributed by atoms with E-state index in [1.54, 1.807) is 26.0 Å². The van der Waals surface area contributed by atoms with E-state index in [1.807, 2.05) is 0 Å². The number of benzene rings is 1. The van der Waals surface area contributed by atoms with E-state index in [0.717, 1.165) is 0 Å². The van der Waals surface area contributed by atoms with Crippen LogP contribution in [0.15, 0.2) is 22.7 Å². The van der Waals surface area contributed by atoms with Crippen LogP contribution < -0.4 is 5.32 Å². The summed E-state index contributed by atoms with van der Waals surface area (Å²) in [6.07, 6.45) is -4.26. The number of alkyl halides is 3. The highest BCUT2D eigenvalue weighted by atomic mass is 79.9. The molecule has 0 aliphatic heterocycles. The van der Waals surface area contributed by atoms with Gasteiger partial charge in [0.2, 0.25) is 0 Å². The van der Waals surface area contributed by atoms with Crippen LogP contribution in [-0.2, 0) is 5.41 Å². The van der Waals surface area contributed by atoms with Gasteiger partial charge in [0, 0.05) is 16.4 Å². The van der Waals surface area contributed by atoms with Gasteiger partial charge in [-0.2, -0.15) is 13.2 Å². The molecule has 0 fully saturated rings. The Balaban J connectivity index is 2.76. The second-order valence-electron chi connectivity index (χ2n) is 4.73. The van der Waals surface area contributed by atoms with Gasteiger partial charge in [-0.05, 0) is 23.8 Å². The second kappa shape index (κ2) is 5.57. The molecule has 0 atom stereocenters. The largest absolute Gasteiger partial charge is 0.401 e. The highest BCUT2D eigenvalue weighted by molar-refractivity contribution is 9.10. The lowest BCUT2D eigenvalue weighted by Gasteiger charge is -2.26. The van der Waals surface area contributed by atoms with Gasteiger partial charge in [0.05, 0.1) is 6.54 Å². The van der Waals surface area contributed by atoms with Gasteiger partial charge in [-0.15, -0.1) is 0 Å². The first-order valence-electron chi connectivity index (χ1n) is 5.35. The normalized spacial score (nSPS) is 12.8. The van der Waals surface area contributed by atoms with Crippen molar-refractivity contribution in [2.75, 3.05) is 13.1 Å². The summed E-state index contributed by atoms with van der Waals surface area (Å²) >= 11 is 3.22. The molecule has 1 N–H and O–H groups in total. The van der Waals surface area contributed by atoms with Crippen molar-refractivity contribution in [2.45, 2.75) is 25.4 Å². The zero-order chi connectivity index (χ0) is 14.0. The lowest BCUT2D eigenvalue weighted by molar-refractivity contribution is -0.125. The zero-order valence-corrected chi connectivity index (χ0v) is 11.6. The van der Waals surface area contributed by atoms with Gasteiger partial charge in [0.1, 0.15) is 5.82 Å². The van der Waals surface area contributed by atoms with Crippen LogP contribution in [-0.4, -0.2) is 19.3 Å². The van der Waals surface area contributed by atoms with Gasteiger partial charge in [0.15, 0.2) is 0 Å². The number of nitrogens with one attached hydrogen (secondary N) is 1. The Kier molecular flexibility index (Phi) is 4.78. The number of rotatable bonds is 4. The number of halogens is 5. The molecule has 1 nitrogen and oxygen atoms in total. The summed E-state index contributed by atoms with van der Waals surface area (Å²) in [5.41, 5.74) is -0.342. The van der Waals surface area contributed by atoms with Crippen LogP contribution in [0.2, 0.25) is 0 Å². The molecule has 1 rings (SSSR count). The minimum atomic E-state index is -4.26. The third-order valence-electron chi connectivity index (χ3n) is 2.55. The van der Waals surface area contributed by atoms with Gasteiger partial charge >= 0.3 is 6.18 Å². The van der Waals surface area contributed by atoms with Crippen LogP contribution in [0.5, 0.6) is 0 Å². The first-order chi connectivity index (χ1) is 8.12. The maximum atomic E-state index is 13.7. The Bertz CT molecular complexity index is 415. The molecule has 0 spiro atoms. The fourth-order valence-corrected chi connectivity index (χ4v) is 1.99. The van der Waals surface area contributed by atoms with Crippen molar-refractivity contribution in [3.8, 4) is 0 Å². The predicted octanol–water partition coefficient (Wildman–Crippen LogP) is 4.02. The summed E-state index contributed by atoms with van der Waals surface area (Å²) in [7, 11) is 0. The lowest BCUT2D eigenvalue weighted by atomic mass is 9.84. The molecule has 102 valence electrons. The van der Waals surface area contributed by atoms with Gasteiger partial charge in [0.25, 0.3) is 0 Å². The van der Waals surface area contributed by atoms with Crippen molar-refractivity contribution in [1.82, 2.24) is 5.32 Å². The summed E-state index contributed by atoms with van der Waals surface area (Å²) in [6.45, 7) is 2.36. The van der Waals surface area contributed by atoms with Crippen molar-refractivity contribution < 1.29 is 17.6 Å². The van der Waals surface area contributed by atoms with Crippen molar-refractivity contribution in [2.24, 2.45) is 0 Å². The first-order valence-corrected chi connectivity index (χ1v) is 6.14. The Morgan fingerprint density at radius 2 is 1.78 bits per heavy atom. The van der Waals surface area contributed by atoms with Crippen molar-refractivity contribution in [3.05, 3.63) is 34.1 Å². The standard InChI is InChI=1S/C12H14BrF4N/c1-11(2,6-18-7-12(15,16)17)9-5-8(13)3-4-10(9)14/h3-5,18H,6-7H2,1-2H3. The van der Waals surface area contributed by atoms with E-state index < -0.39 is 24.0 Å². The molecule has 0 aliphatic carbocycles. The molecule has 1 aromatic rings. The minimum absolute atomic E-state index is 0.0416. The number of hydrogen-bond acceptors (Lipinski definition) is 1. The number of hydrogen-bond donors (Lipinski definition) is 1. The summed E-state index contributed by atoms with van der Waals surface area (Å²) in [5, 5.41) is 2.30. The van der Waals surface area contributed by atoms with Gasteiger partial charge in [-0.3, -0.25) is 0 Å². The van der Waals surface area contributed by atoms with Crippen molar-refractivity contribution in [1.29, 1.82) is 0 Å². The second-order valence-corrected chi connectivity index (χ2v) is 5.64. The molecule has 0 aliphatic rings. The zero-order valence-electron chi connectivity index (χ0n) is 10.0. The lowest BCUT2D eigenvalue weighted by Crippen LogP contribution is -2.38. The van der Waals surface area contributed by atoms with E-state index in [0.29, 0.717) is 10.0 Å². The van der Waals surface area contributed by atoms with Crippen LogP contribution in [0.1, 0.15) is 19.4 Å². The van der Waals surface area contributed by atoms with Gasteiger partial charge < -0.3 is 5.32 Å². The maximum absolute atomic E-state index is 13.7. The van der Waals surface area contributed by atoms with Gasteiger partial charge in [-0.1, -0.05) is 29.8 Å². The van der Waals surface area contributed by atoms with E-state index in [4.69, 9.17) is 0 Å².